The van der Waals surface area contributed by atoms with E-state index in [0.717, 1.165) is 6.07 Å². The van der Waals surface area contributed by atoms with Crippen LogP contribution in [0.2, 0.25) is 0 Å². The average molecular weight is 299 g/mol. The number of nitrogens with one attached hydrogen (secondary N) is 1. The molecule has 0 aliphatic carbocycles. The highest BCUT2D eigenvalue weighted by Gasteiger charge is 2.15. The van der Waals surface area contributed by atoms with Crippen LogP contribution >= 0.6 is 0 Å². The van der Waals surface area contributed by atoms with E-state index in [-0.39, 0.29) is 16.8 Å². The lowest BCUT2D eigenvalue weighted by Gasteiger charge is -2.09. The number of aryl methyl sites for hydroxylation is 1. The van der Waals surface area contributed by atoms with E-state index in [9.17, 15) is 19.3 Å². The summed E-state index contributed by atoms with van der Waals surface area (Å²) in [6.45, 7) is 1.59. The molecule has 0 bridgehead atoms. The van der Waals surface area contributed by atoms with Crippen LogP contribution in [0.15, 0.2) is 36.4 Å². The van der Waals surface area contributed by atoms with Crippen molar-refractivity contribution >= 4 is 17.3 Å². The van der Waals surface area contributed by atoms with E-state index in [4.69, 9.17) is 5.26 Å². The number of carbonyl (C=O) groups is 1. The van der Waals surface area contributed by atoms with Gasteiger partial charge < -0.3 is 5.32 Å². The smallest absolute Gasteiger partial charge is 0.269 e. The van der Waals surface area contributed by atoms with Crippen molar-refractivity contribution in [2.75, 3.05) is 5.32 Å². The molecule has 0 heterocycles. The molecule has 2 aromatic carbocycles. The second-order valence-electron chi connectivity index (χ2n) is 4.52. The fraction of sp³-hybridized carbons (Fsp3) is 0.0667. The molecule has 0 unspecified atom stereocenters. The van der Waals surface area contributed by atoms with E-state index in [1.807, 2.05) is 0 Å². The maximum atomic E-state index is 13.8. The Kier molecular flexibility index (Phi) is 4.13. The van der Waals surface area contributed by atoms with Gasteiger partial charge in [0, 0.05) is 17.8 Å². The van der Waals surface area contributed by atoms with Crippen LogP contribution in [0.5, 0.6) is 0 Å². The molecule has 0 fully saturated rings. The number of halogens is 1. The molecule has 0 aromatic heterocycles. The van der Waals surface area contributed by atoms with Crippen molar-refractivity contribution in [1.82, 2.24) is 0 Å². The van der Waals surface area contributed by atoms with Gasteiger partial charge in [-0.2, -0.15) is 5.26 Å². The minimum absolute atomic E-state index is 0.0972. The molecule has 22 heavy (non-hydrogen) atoms. The summed E-state index contributed by atoms with van der Waals surface area (Å²) in [4.78, 5) is 22.2. The van der Waals surface area contributed by atoms with Crippen LogP contribution in [0.4, 0.5) is 15.8 Å². The molecule has 0 saturated heterocycles. The first-order chi connectivity index (χ1) is 10.4. The van der Waals surface area contributed by atoms with Crippen molar-refractivity contribution in [2.24, 2.45) is 0 Å². The van der Waals surface area contributed by atoms with Crippen LogP contribution in [0.3, 0.4) is 0 Å². The van der Waals surface area contributed by atoms with Crippen molar-refractivity contribution in [3.8, 4) is 6.07 Å². The molecular weight excluding hydrogens is 289 g/mol. The zero-order valence-corrected chi connectivity index (χ0v) is 11.5. The van der Waals surface area contributed by atoms with Gasteiger partial charge in [0.1, 0.15) is 5.82 Å². The molecule has 0 atom stereocenters. The average Bonchev–Trinajstić information content (AvgIpc) is 2.48. The van der Waals surface area contributed by atoms with Crippen LogP contribution in [0, 0.1) is 34.2 Å². The van der Waals surface area contributed by atoms with Gasteiger partial charge in [0.25, 0.3) is 11.6 Å². The molecular formula is C15H10FN3O3. The fourth-order valence-electron chi connectivity index (χ4n) is 1.86. The molecule has 2 rings (SSSR count). The Hall–Kier alpha value is -3.27. The number of hydrogen-bond acceptors (Lipinski definition) is 4. The lowest BCUT2D eigenvalue weighted by Crippen LogP contribution is -2.14. The van der Waals surface area contributed by atoms with Crippen molar-refractivity contribution in [3.05, 3.63) is 69.0 Å². The number of nitrogens with zero attached hydrogens (tertiary/aromatic N) is 2. The number of nitro benzene ring substituents is 1. The third-order valence-electron chi connectivity index (χ3n) is 3.01. The number of nitro groups is 1. The summed E-state index contributed by atoms with van der Waals surface area (Å²) in [5.74, 6) is -1.50. The summed E-state index contributed by atoms with van der Waals surface area (Å²) >= 11 is 0. The van der Waals surface area contributed by atoms with Gasteiger partial charge in [-0.1, -0.05) is 0 Å². The molecule has 0 radical (unpaired) electrons. The number of nitriles is 1. The Balaban J connectivity index is 2.26. The normalized spacial score (nSPS) is 9.86. The van der Waals surface area contributed by atoms with E-state index < -0.39 is 16.6 Å². The summed E-state index contributed by atoms with van der Waals surface area (Å²) < 4.78 is 13.8. The minimum atomic E-state index is -0.809. The first kappa shape index (κ1) is 15.1. The van der Waals surface area contributed by atoms with Crippen LogP contribution in [0.1, 0.15) is 21.5 Å². The monoisotopic (exact) mass is 299 g/mol. The summed E-state index contributed by atoms with van der Waals surface area (Å²) in [6, 6.07) is 9.23. The molecule has 0 saturated carbocycles. The largest absolute Gasteiger partial charge is 0.322 e. The van der Waals surface area contributed by atoms with Gasteiger partial charge in [-0.25, -0.2) is 4.39 Å². The van der Waals surface area contributed by atoms with Crippen LogP contribution < -0.4 is 5.32 Å². The van der Waals surface area contributed by atoms with Crippen molar-refractivity contribution in [3.63, 3.8) is 0 Å². The number of rotatable bonds is 3. The summed E-state index contributed by atoms with van der Waals surface area (Å²) in [5.41, 5.74) is 0.633. The molecule has 0 aliphatic rings. The highest BCUT2D eigenvalue weighted by Crippen LogP contribution is 2.22. The summed E-state index contributed by atoms with van der Waals surface area (Å²) in [7, 11) is 0. The number of benzene rings is 2. The second-order valence-corrected chi connectivity index (χ2v) is 4.52. The SMILES string of the molecule is Cc1cc([N+](=O)[O-])ccc1NC(=O)c1ccc(C#N)cc1F. The molecule has 7 heteroatoms. The predicted molar refractivity (Wildman–Crippen MR) is 76.9 cm³/mol. The van der Waals surface area contributed by atoms with E-state index in [0.29, 0.717) is 11.3 Å². The number of carbonyl (C=O) groups excluding carboxylic acids is 1. The van der Waals surface area contributed by atoms with Gasteiger partial charge in [-0.15, -0.1) is 0 Å². The molecule has 110 valence electrons. The highest BCUT2D eigenvalue weighted by molar-refractivity contribution is 6.05. The van der Waals surface area contributed by atoms with E-state index in [1.54, 1.807) is 13.0 Å². The van der Waals surface area contributed by atoms with Gasteiger partial charge >= 0.3 is 0 Å². The Bertz CT molecular complexity index is 812. The fourth-order valence-corrected chi connectivity index (χ4v) is 1.86. The Morgan fingerprint density at radius 1 is 1.32 bits per heavy atom. The zero-order chi connectivity index (χ0) is 16.3. The number of non-ortho nitro benzene ring substituents is 1. The van der Waals surface area contributed by atoms with Crippen LogP contribution in [-0.2, 0) is 0 Å². The number of amides is 1. The van der Waals surface area contributed by atoms with E-state index in [1.165, 1.54) is 30.3 Å². The predicted octanol–water partition coefficient (Wildman–Crippen LogP) is 3.17. The standard InChI is InChI=1S/C15H10FN3O3/c1-9-6-11(19(21)22)3-5-14(9)18-15(20)12-4-2-10(8-17)7-13(12)16/h2-7H,1H3,(H,18,20). The van der Waals surface area contributed by atoms with Crippen LogP contribution in [0.25, 0.3) is 0 Å². The van der Waals surface area contributed by atoms with E-state index in [2.05, 4.69) is 5.32 Å². The van der Waals surface area contributed by atoms with Crippen molar-refractivity contribution in [1.29, 1.82) is 5.26 Å². The highest BCUT2D eigenvalue weighted by atomic mass is 19.1. The molecule has 0 spiro atoms. The van der Waals surface area contributed by atoms with Crippen molar-refractivity contribution in [2.45, 2.75) is 6.92 Å². The molecule has 2 aromatic rings. The summed E-state index contributed by atoms with van der Waals surface area (Å²) in [5, 5.41) is 21.8. The topological polar surface area (TPSA) is 96.0 Å². The van der Waals surface area contributed by atoms with Gasteiger partial charge in [-0.3, -0.25) is 14.9 Å². The maximum absolute atomic E-state index is 13.8. The van der Waals surface area contributed by atoms with Gasteiger partial charge in [-0.05, 0) is 36.8 Å². The quantitative estimate of drug-likeness (QED) is 0.695. The lowest BCUT2D eigenvalue weighted by atomic mass is 10.1. The second kappa shape index (κ2) is 6.01. The first-order valence-corrected chi connectivity index (χ1v) is 6.18. The van der Waals surface area contributed by atoms with Crippen molar-refractivity contribution < 1.29 is 14.1 Å². The third-order valence-corrected chi connectivity index (χ3v) is 3.01. The Labute approximate surface area is 125 Å². The van der Waals surface area contributed by atoms with Gasteiger partial charge in [0.15, 0.2) is 0 Å². The minimum Gasteiger partial charge on any atom is -0.322 e. The third kappa shape index (κ3) is 3.07. The molecule has 1 amide bonds. The van der Waals surface area contributed by atoms with Gasteiger partial charge in [0.05, 0.1) is 22.1 Å². The molecule has 0 aliphatic heterocycles. The summed E-state index contributed by atoms with van der Waals surface area (Å²) in [6.07, 6.45) is 0. The number of hydrogen-bond donors (Lipinski definition) is 1. The Morgan fingerprint density at radius 3 is 2.59 bits per heavy atom. The Morgan fingerprint density at radius 2 is 2.05 bits per heavy atom. The first-order valence-electron chi connectivity index (χ1n) is 6.18. The molecule has 1 N–H and O–H groups in total. The lowest BCUT2D eigenvalue weighted by molar-refractivity contribution is -0.384. The van der Waals surface area contributed by atoms with E-state index >= 15 is 0 Å². The van der Waals surface area contributed by atoms with Crippen LogP contribution in [-0.4, -0.2) is 10.8 Å². The van der Waals surface area contributed by atoms with Gasteiger partial charge in [0.2, 0.25) is 0 Å². The maximum Gasteiger partial charge on any atom is 0.269 e. The number of anilines is 1. The molecule has 6 nitrogen and oxygen atoms in total. The zero-order valence-electron chi connectivity index (χ0n) is 11.5.